The van der Waals surface area contributed by atoms with E-state index in [9.17, 15) is 4.39 Å². The van der Waals surface area contributed by atoms with E-state index >= 15 is 0 Å². The highest BCUT2D eigenvalue weighted by atomic mass is 79.9. The zero-order valence-electron chi connectivity index (χ0n) is 9.69. The van der Waals surface area contributed by atoms with Crippen molar-refractivity contribution in [2.24, 2.45) is 11.3 Å². The summed E-state index contributed by atoms with van der Waals surface area (Å²) in [6.45, 7) is 6.45. The molecule has 1 aromatic rings. The SMILES string of the molecule is CC1(C)CC1CNCc1ccc(F)cc1Br. The zero-order chi connectivity index (χ0) is 11.8. The number of rotatable bonds is 4. The van der Waals surface area contributed by atoms with Crippen LogP contribution in [-0.2, 0) is 6.54 Å². The van der Waals surface area contributed by atoms with E-state index in [0.717, 1.165) is 29.0 Å². The molecule has 0 aromatic heterocycles. The van der Waals surface area contributed by atoms with Gasteiger partial charge in [-0.2, -0.15) is 0 Å². The molecular formula is C13H17BrFN. The van der Waals surface area contributed by atoms with Crippen LogP contribution in [0.4, 0.5) is 4.39 Å². The second-order valence-corrected chi connectivity index (χ2v) is 6.11. The molecule has 1 unspecified atom stereocenters. The van der Waals surface area contributed by atoms with Crippen LogP contribution in [0.1, 0.15) is 25.8 Å². The third kappa shape index (κ3) is 2.83. The Bertz CT molecular complexity index is 390. The van der Waals surface area contributed by atoms with Crippen molar-refractivity contribution in [3.8, 4) is 0 Å². The summed E-state index contributed by atoms with van der Waals surface area (Å²) in [6, 6.07) is 4.84. The smallest absolute Gasteiger partial charge is 0.124 e. The van der Waals surface area contributed by atoms with Crippen LogP contribution >= 0.6 is 15.9 Å². The van der Waals surface area contributed by atoms with Gasteiger partial charge >= 0.3 is 0 Å². The predicted octanol–water partition coefficient (Wildman–Crippen LogP) is 3.72. The molecule has 88 valence electrons. The molecule has 2 rings (SSSR count). The summed E-state index contributed by atoms with van der Waals surface area (Å²) in [5.74, 6) is 0.602. The number of hydrogen-bond donors (Lipinski definition) is 1. The maximum Gasteiger partial charge on any atom is 0.124 e. The summed E-state index contributed by atoms with van der Waals surface area (Å²) in [7, 11) is 0. The molecule has 1 nitrogen and oxygen atoms in total. The van der Waals surface area contributed by atoms with Gasteiger partial charge in [-0.3, -0.25) is 0 Å². The van der Waals surface area contributed by atoms with Gasteiger partial charge in [0.2, 0.25) is 0 Å². The van der Waals surface area contributed by atoms with Crippen molar-refractivity contribution in [3.05, 3.63) is 34.1 Å². The Hall–Kier alpha value is -0.410. The number of halogens is 2. The van der Waals surface area contributed by atoms with Gasteiger partial charge in [0.1, 0.15) is 5.82 Å². The van der Waals surface area contributed by atoms with E-state index in [0.29, 0.717) is 5.41 Å². The molecule has 1 aromatic carbocycles. The quantitative estimate of drug-likeness (QED) is 0.889. The van der Waals surface area contributed by atoms with E-state index in [2.05, 4.69) is 35.1 Å². The fourth-order valence-electron chi connectivity index (χ4n) is 1.97. The minimum absolute atomic E-state index is 0.195. The van der Waals surface area contributed by atoms with Gasteiger partial charge in [0.25, 0.3) is 0 Å². The van der Waals surface area contributed by atoms with E-state index in [4.69, 9.17) is 0 Å². The van der Waals surface area contributed by atoms with Crippen molar-refractivity contribution in [2.75, 3.05) is 6.54 Å². The second-order valence-electron chi connectivity index (χ2n) is 5.26. The minimum Gasteiger partial charge on any atom is -0.312 e. The molecule has 0 aliphatic heterocycles. The zero-order valence-corrected chi connectivity index (χ0v) is 11.3. The Morgan fingerprint density at radius 1 is 1.50 bits per heavy atom. The lowest BCUT2D eigenvalue weighted by molar-refractivity contribution is 0.519. The topological polar surface area (TPSA) is 12.0 Å². The average Bonchev–Trinajstić information content (AvgIpc) is 2.78. The summed E-state index contributed by atoms with van der Waals surface area (Å²) >= 11 is 3.37. The van der Waals surface area contributed by atoms with Gasteiger partial charge < -0.3 is 5.32 Å². The van der Waals surface area contributed by atoms with E-state index in [1.165, 1.54) is 18.6 Å². The highest BCUT2D eigenvalue weighted by molar-refractivity contribution is 9.10. The highest BCUT2D eigenvalue weighted by Crippen LogP contribution is 2.50. The van der Waals surface area contributed by atoms with E-state index in [1.807, 2.05) is 6.07 Å². The van der Waals surface area contributed by atoms with E-state index in [1.54, 1.807) is 0 Å². The molecule has 0 heterocycles. The standard InChI is InChI=1S/C13H17BrFN/c1-13(2)6-10(13)8-16-7-9-3-4-11(15)5-12(9)14/h3-5,10,16H,6-8H2,1-2H3. The Kier molecular flexibility index (Phi) is 3.36. The molecule has 1 aliphatic carbocycles. The van der Waals surface area contributed by atoms with Crippen LogP contribution in [0.25, 0.3) is 0 Å². The Morgan fingerprint density at radius 2 is 2.19 bits per heavy atom. The molecule has 0 bridgehead atoms. The third-order valence-corrected chi connectivity index (χ3v) is 4.18. The number of benzene rings is 1. The molecule has 16 heavy (non-hydrogen) atoms. The Labute approximate surface area is 105 Å². The molecule has 0 radical (unpaired) electrons. The van der Waals surface area contributed by atoms with E-state index in [-0.39, 0.29) is 5.82 Å². The van der Waals surface area contributed by atoms with Crippen LogP contribution in [-0.4, -0.2) is 6.54 Å². The minimum atomic E-state index is -0.195. The Morgan fingerprint density at radius 3 is 2.75 bits per heavy atom. The average molecular weight is 286 g/mol. The maximum atomic E-state index is 12.9. The lowest BCUT2D eigenvalue weighted by atomic mass is 10.1. The summed E-state index contributed by atoms with van der Waals surface area (Å²) in [4.78, 5) is 0. The van der Waals surface area contributed by atoms with Crippen LogP contribution < -0.4 is 5.32 Å². The van der Waals surface area contributed by atoms with Gasteiger partial charge in [-0.25, -0.2) is 4.39 Å². The van der Waals surface area contributed by atoms with Crippen LogP contribution in [0.2, 0.25) is 0 Å². The number of nitrogens with one attached hydrogen (secondary N) is 1. The van der Waals surface area contributed by atoms with Gasteiger partial charge in [-0.15, -0.1) is 0 Å². The van der Waals surface area contributed by atoms with Gasteiger partial charge in [-0.1, -0.05) is 35.8 Å². The summed E-state index contributed by atoms with van der Waals surface area (Å²) in [5, 5.41) is 3.43. The van der Waals surface area contributed by atoms with Gasteiger partial charge in [0.05, 0.1) is 0 Å². The summed E-state index contributed by atoms with van der Waals surface area (Å²) in [5.41, 5.74) is 1.63. The summed E-state index contributed by atoms with van der Waals surface area (Å²) in [6.07, 6.45) is 1.31. The molecule has 0 saturated heterocycles. The molecule has 3 heteroatoms. The summed E-state index contributed by atoms with van der Waals surface area (Å²) < 4.78 is 13.7. The third-order valence-electron chi connectivity index (χ3n) is 3.44. The Balaban J connectivity index is 1.81. The fraction of sp³-hybridized carbons (Fsp3) is 0.538. The normalized spacial score (nSPS) is 22.1. The van der Waals surface area contributed by atoms with Crippen molar-refractivity contribution >= 4 is 15.9 Å². The molecular weight excluding hydrogens is 269 g/mol. The molecule has 1 aliphatic rings. The molecule has 1 N–H and O–H groups in total. The second kappa shape index (κ2) is 4.46. The van der Waals surface area contributed by atoms with Crippen LogP contribution in [0, 0.1) is 17.2 Å². The van der Waals surface area contributed by atoms with Gasteiger partial charge in [0.15, 0.2) is 0 Å². The highest BCUT2D eigenvalue weighted by Gasteiger charge is 2.44. The first-order valence-electron chi connectivity index (χ1n) is 5.64. The van der Waals surface area contributed by atoms with Crippen molar-refractivity contribution < 1.29 is 4.39 Å². The monoisotopic (exact) mass is 285 g/mol. The lowest BCUT2D eigenvalue weighted by Gasteiger charge is -2.08. The van der Waals surface area contributed by atoms with Crippen molar-refractivity contribution in [2.45, 2.75) is 26.8 Å². The van der Waals surface area contributed by atoms with Crippen LogP contribution in [0.5, 0.6) is 0 Å². The first kappa shape index (κ1) is 12.1. The fourth-order valence-corrected chi connectivity index (χ4v) is 2.46. The first-order chi connectivity index (χ1) is 7.49. The lowest BCUT2D eigenvalue weighted by Crippen LogP contribution is -2.18. The largest absolute Gasteiger partial charge is 0.312 e. The van der Waals surface area contributed by atoms with Crippen LogP contribution in [0.3, 0.4) is 0 Å². The predicted molar refractivity (Wildman–Crippen MR) is 67.7 cm³/mol. The van der Waals surface area contributed by atoms with Gasteiger partial charge in [0, 0.05) is 11.0 Å². The van der Waals surface area contributed by atoms with Crippen molar-refractivity contribution in [3.63, 3.8) is 0 Å². The molecule has 0 amide bonds. The van der Waals surface area contributed by atoms with Crippen molar-refractivity contribution in [1.82, 2.24) is 5.32 Å². The van der Waals surface area contributed by atoms with E-state index < -0.39 is 0 Å². The molecule has 0 spiro atoms. The van der Waals surface area contributed by atoms with Gasteiger partial charge in [-0.05, 0) is 42.0 Å². The molecule has 1 atom stereocenters. The first-order valence-corrected chi connectivity index (χ1v) is 6.43. The van der Waals surface area contributed by atoms with Crippen molar-refractivity contribution in [1.29, 1.82) is 0 Å². The van der Waals surface area contributed by atoms with Crippen LogP contribution in [0.15, 0.2) is 22.7 Å². The molecule has 1 saturated carbocycles. The maximum absolute atomic E-state index is 12.9. The molecule has 1 fully saturated rings. The number of hydrogen-bond acceptors (Lipinski definition) is 1.